The Kier molecular flexibility index (Phi) is 5.08. The molecule has 1 N–H and O–H groups in total. The quantitative estimate of drug-likeness (QED) is 0.908. The van der Waals surface area contributed by atoms with Gasteiger partial charge in [-0.3, -0.25) is 9.48 Å². The van der Waals surface area contributed by atoms with Crippen LogP contribution >= 0.6 is 11.6 Å². The second-order valence-electron chi connectivity index (χ2n) is 6.27. The third-order valence-corrected chi connectivity index (χ3v) is 5.11. The van der Waals surface area contributed by atoms with Gasteiger partial charge in [-0.05, 0) is 31.4 Å². The van der Waals surface area contributed by atoms with Gasteiger partial charge in [0.25, 0.3) is 0 Å². The van der Waals surface area contributed by atoms with Gasteiger partial charge in [0.1, 0.15) is 5.56 Å². The van der Waals surface area contributed by atoms with E-state index >= 15 is 0 Å². The summed E-state index contributed by atoms with van der Waals surface area (Å²) in [6.45, 7) is 3.04. The Hall–Kier alpha value is -2.34. The number of amides is 1. The van der Waals surface area contributed by atoms with Crippen molar-refractivity contribution in [3.8, 4) is 0 Å². The molecule has 0 atom stereocenters. The summed E-state index contributed by atoms with van der Waals surface area (Å²) in [5, 5.41) is 14.0. The van der Waals surface area contributed by atoms with Gasteiger partial charge >= 0.3 is 5.97 Å². The van der Waals surface area contributed by atoms with Crippen molar-refractivity contribution >= 4 is 23.5 Å². The molecular formula is C18H20ClN3O3. The van der Waals surface area contributed by atoms with E-state index in [0.717, 1.165) is 18.4 Å². The fourth-order valence-electron chi connectivity index (χ4n) is 3.28. The van der Waals surface area contributed by atoms with E-state index in [4.69, 9.17) is 16.7 Å². The number of carboxylic acids is 1. The Morgan fingerprint density at radius 2 is 1.96 bits per heavy atom. The molecule has 0 bridgehead atoms. The summed E-state index contributed by atoms with van der Waals surface area (Å²) in [6.07, 6.45) is 3.21. The van der Waals surface area contributed by atoms with E-state index in [-0.39, 0.29) is 17.5 Å². The van der Waals surface area contributed by atoms with Crippen LogP contribution in [0, 0.1) is 6.92 Å². The van der Waals surface area contributed by atoms with Crippen LogP contribution < -0.4 is 0 Å². The SMILES string of the molecule is Cc1c(C(=O)O)cnn1C1CCN(C(=O)Cc2ccccc2Cl)CC1. The molecule has 1 saturated heterocycles. The first kappa shape index (κ1) is 17.5. The molecule has 25 heavy (non-hydrogen) atoms. The molecule has 6 nitrogen and oxygen atoms in total. The average molecular weight is 362 g/mol. The van der Waals surface area contributed by atoms with E-state index in [0.29, 0.717) is 30.2 Å². The van der Waals surface area contributed by atoms with Gasteiger partial charge in [0.15, 0.2) is 0 Å². The summed E-state index contributed by atoms with van der Waals surface area (Å²) >= 11 is 6.13. The Morgan fingerprint density at radius 1 is 1.28 bits per heavy atom. The minimum atomic E-state index is -0.962. The average Bonchev–Trinajstić information content (AvgIpc) is 2.99. The van der Waals surface area contributed by atoms with Crippen LogP contribution in [0.1, 0.15) is 40.5 Å². The number of halogens is 1. The summed E-state index contributed by atoms with van der Waals surface area (Å²) in [4.78, 5) is 25.5. The molecule has 1 amide bonds. The number of nitrogens with zero attached hydrogens (tertiary/aromatic N) is 3. The lowest BCUT2D eigenvalue weighted by Gasteiger charge is -2.32. The van der Waals surface area contributed by atoms with Crippen LogP contribution in [-0.4, -0.2) is 44.8 Å². The van der Waals surface area contributed by atoms with Gasteiger partial charge in [-0.2, -0.15) is 5.10 Å². The molecule has 1 aliphatic heterocycles. The molecule has 0 radical (unpaired) electrons. The van der Waals surface area contributed by atoms with Crippen LogP contribution in [0.3, 0.4) is 0 Å². The highest BCUT2D eigenvalue weighted by Crippen LogP contribution is 2.25. The maximum atomic E-state index is 12.5. The number of carbonyl (C=O) groups is 2. The van der Waals surface area contributed by atoms with Crippen LogP contribution in [0.15, 0.2) is 30.5 Å². The largest absolute Gasteiger partial charge is 0.478 e. The highest BCUT2D eigenvalue weighted by Gasteiger charge is 2.26. The number of hydrogen-bond donors (Lipinski definition) is 1. The van der Waals surface area contributed by atoms with Crippen molar-refractivity contribution < 1.29 is 14.7 Å². The molecule has 0 unspecified atom stereocenters. The predicted molar refractivity (Wildman–Crippen MR) is 93.9 cm³/mol. The Balaban J connectivity index is 1.61. The van der Waals surface area contributed by atoms with Crippen LogP contribution in [0.2, 0.25) is 5.02 Å². The standard InChI is InChI=1S/C18H20ClN3O3/c1-12-15(18(24)25)11-20-22(12)14-6-8-21(9-7-14)17(23)10-13-4-2-3-5-16(13)19/h2-5,11,14H,6-10H2,1H3,(H,24,25). The second-order valence-corrected chi connectivity index (χ2v) is 6.68. The zero-order valence-electron chi connectivity index (χ0n) is 14.0. The topological polar surface area (TPSA) is 75.4 Å². The van der Waals surface area contributed by atoms with Crippen LogP contribution in [-0.2, 0) is 11.2 Å². The first-order chi connectivity index (χ1) is 12.0. The number of rotatable bonds is 4. The van der Waals surface area contributed by atoms with Crippen molar-refractivity contribution in [2.75, 3.05) is 13.1 Å². The highest BCUT2D eigenvalue weighted by atomic mass is 35.5. The summed E-state index contributed by atoms with van der Waals surface area (Å²) in [7, 11) is 0. The number of carbonyl (C=O) groups excluding carboxylic acids is 1. The maximum absolute atomic E-state index is 12.5. The van der Waals surface area contributed by atoms with E-state index < -0.39 is 5.97 Å². The van der Waals surface area contributed by atoms with Gasteiger partial charge in [-0.25, -0.2) is 4.79 Å². The van der Waals surface area contributed by atoms with Gasteiger partial charge in [0.05, 0.1) is 24.4 Å². The van der Waals surface area contributed by atoms with Crippen molar-refractivity contribution in [2.45, 2.75) is 32.2 Å². The number of carboxylic acid groups (broad SMARTS) is 1. The predicted octanol–water partition coefficient (Wildman–Crippen LogP) is 2.95. The monoisotopic (exact) mass is 361 g/mol. The van der Waals surface area contributed by atoms with Crippen LogP contribution in [0.4, 0.5) is 0 Å². The molecule has 1 fully saturated rings. The van der Waals surface area contributed by atoms with Gasteiger partial charge in [0.2, 0.25) is 5.91 Å². The lowest BCUT2D eigenvalue weighted by atomic mass is 10.0. The summed E-state index contributed by atoms with van der Waals surface area (Å²) in [5.41, 5.74) is 1.73. The first-order valence-electron chi connectivity index (χ1n) is 8.26. The molecule has 2 heterocycles. The number of likely N-dealkylation sites (tertiary alicyclic amines) is 1. The lowest BCUT2D eigenvalue weighted by molar-refractivity contribution is -0.131. The molecule has 1 aromatic heterocycles. The molecular weight excluding hydrogens is 342 g/mol. The molecule has 3 rings (SSSR count). The number of piperidine rings is 1. The smallest absolute Gasteiger partial charge is 0.339 e. The van der Waals surface area contributed by atoms with Gasteiger partial charge in [0, 0.05) is 18.1 Å². The molecule has 0 aliphatic carbocycles. The molecule has 2 aromatic rings. The van der Waals surface area contributed by atoms with Gasteiger partial charge in [-0.1, -0.05) is 29.8 Å². The fourth-order valence-corrected chi connectivity index (χ4v) is 3.48. The van der Waals surface area contributed by atoms with Crippen molar-refractivity contribution in [2.24, 2.45) is 0 Å². The van der Waals surface area contributed by atoms with Crippen molar-refractivity contribution in [1.29, 1.82) is 0 Å². The van der Waals surface area contributed by atoms with E-state index in [1.54, 1.807) is 17.7 Å². The zero-order chi connectivity index (χ0) is 18.0. The fraction of sp³-hybridized carbons (Fsp3) is 0.389. The lowest BCUT2D eigenvalue weighted by Crippen LogP contribution is -2.40. The summed E-state index contributed by atoms with van der Waals surface area (Å²) < 4.78 is 1.78. The minimum Gasteiger partial charge on any atom is -0.478 e. The normalized spacial score (nSPS) is 15.4. The maximum Gasteiger partial charge on any atom is 0.339 e. The number of aromatic carboxylic acids is 1. The third kappa shape index (κ3) is 3.69. The van der Waals surface area contributed by atoms with Gasteiger partial charge in [-0.15, -0.1) is 0 Å². The van der Waals surface area contributed by atoms with E-state index in [1.807, 2.05) is 23.1 Å². The van der Waals surface area contributed by atoms with Crippen LogP contribution in [0.5, 0.6) is 0 Å². The van der Waals surface area contributed by atoms with Crippen molar-refractivity contribution in [3.05, 3.63) is 52.3 Å². The van der Waals surface area contributed by atoms with E-state index in [1.165, 1.54) is 6.20 Å². The highest BCUT2D eigenvalue weighted by molar-refractivity contribution is 6.31. The molecule has 1 aliphatic rings. The number of aromatic nitrogens is 2. The number of benzene rings is 1. The Bertz CT molecular complexity index is 795. The van der Waals surface area contributed by atoms with Crippen molar-refractivity contribution in [1.82, 2.24) is 14.7 Å². The van der Waals surface area contributed by atoms with E-state index in [2.05, 4.69) is 5.10 Å². The minimum absolute atomic E-state index is 0.0648. The van der Waals surface area contributed by atoms with Gasteiger partial charge < -0.3 is 10.0 Å². The molecule has 0 spiro atoms. The molecule has 132 valence electrons. The summed E-state index contributed by atoms with van der Waals surface area (Å²) in [5.74, 6) is -0.897. The Morgan fingerprint density at radius 3 is 2.56 bits per heavy atom. The second kappa shape index (κ2) is 7.27. The summed E-state index contributed by atoms with van der Waals surface area (Å²) in [6, 6.07) is 7.50. The van der Waals surface area contributed by atoms with Crippen LogP contribution in [0.25, 0.3) is 0 Å². The first-order valence-corrected chi connectivity index (χ1v) is 8.63. The Labute approximate surface area is 151 Å². The van der Waals surface area contributed by atoms with Crippen molar-refractivity contribution in [3.63, 3.8) is 0 Å². The third-order valence-electron chi connectivity index (χ3n) is 4.74. The number of hydrogen-bond acceptors (Lipinski definition) is 3. The molecule has 7 heteroatoms. The molecule has 0 saturated carbocycles. The zero-order valence-corrected chi connectivity index (χ0v) is 14.7. The van der Waals surface area contributed by atoms with E-state index in [9.17, 15) is 9.59 Å². The molecule has 1 aromatic carbocycles.